The van der Waals surface area contributed by atoms with Crippen LogP contribution in [0, 0.1) is 5.92 Å². The molecule has 1 saturated heterocycles. The van der Waals surface area contributed by atoms with E-state index in [0.29, 0.717) is 43.5 Å². The second-order valence-corrected chi connectivity index (χ2v) is 12.5. The number of rotatable bonds is 8. The molecule has 7 nitrogen and oxygen atoms in total. The fourth-order valence-electron chi connectivity index (χ4n) is 5.16. The minimum absolute atomic E-state index is 0.0104. The Hall–Kier alpha value is -3.27. The predicted molar refractivity (Wildman–Crippen MR) is 144 cm³/mol. The smallest absolute Gasteiger partial charge is 0.387 e. The Morgan fingerprint density at radius 2 is 1.97 bits per heavy atom. The zero-order valence-corrected chi connectivity index (χ0v) is 22.1. The molecule has 0 radical (unpaired) electrons. The van der Waals surface area contributed by atoms with Crippen molar-refractivity contribution in [1.29, 1.82) is 0 Å². The molecule has 1 saturated carbocycles. The van der Waals surface area contributed by atoms with Crippen LogP contribution in [0.3, 0.4) is 0 Å². The van der Waals surface area contributed by atoms with E-state index >= 15 is 0 Å². The predicted octanol–water partition coefficient (Wildman–Crippen LogP) is 4.48. The molecule has 204 valence electrons. The molecule has 1 amide bonds. The number of nitrogens with zero attached hydrogens (tertiary/aromatic N) is 1. The maximum Gasteiger partial charge on any atom is 0.387 e. The van der Waals surface area contributed by atoms with Gasteiger partial charge in [-0.25, -0.2) is 8.42 Å². The average molecular weight is 546 g/mol. The summed E-state index contributed by atoms with van der Waals surface area (Å²) in [5, 5.41) is 2.94. The molecule has 0 bridgehead atoms. The highest BCUT2D eigenvalue weighted by Crippen LogP contribution is 2.34. The molecule has 1 aliphatic heterocycles. The van der Waals surface area contributed by atoms with Crippen molar-refractivity contribution in [1.82, 2.24) is 5.32 Å². The number of nitrogens with two attached hydrogens (primary N) is 1. The van der Waals surface area contributed by atoms with Crippen LogP contribution in [0.4, 0.5) is 8.78 Å². The highest BCUT2D eigenvalue weighted by Gasteiger charge is 2.39. The number of hydrogen-bond donors (Lipinski definition) is 2. The number of benzene rings is 2. The molecule has 1 heterocycles. The van der Waals surface area contributed by atoms with Crippen LogP contribution in [0.15, 0.2) is 65.2 Å². The average Bonchev–Trinajstić information content (AvgIpc) is 3.14. The largest absolute Gasteiger partial charge is 0.435 e. The third-order valence-corrected chi connectivity index (χ3v) is 8.95. The number of hydrogen-bond acceptors (Lipinski definition) is 6. The lowest BCUT2D eigenvalue weighted by Crippen LogP contribution is -2.47. The van der Waals surface area contributed by atoms with Gasteiger partial charge in [0.2, 0.25) is 5.91 Å². The van der Waals surface area contributed by atoms with Gasteiger partial charge in [0.25, 0.3) is 0 Å². The second-order valence-electron chi connectivity index (χ2n) is 10.3. The van der Waals surface area contributed by atoms with Gasteiger partial charge in [-0.1, -0.05) is 42.5 Å². The molecule has 38 heavy (non-hydrogen) atoms. The van der Waals surface area contributed by atoms with Crippen LogP contribution >= 0.6 is 0 Å². The van der Waals surface area contributed by atoms with Crippen LogP contribution in [0.2, 0.25) is 0 Å². The first-order valence-corrected chi connectivity index (χ1v) is 14.5. The Bertz CT molecular complexity index is 1330. The number of amides is 1. The summed E-state index contributed by atoms with van der Waals surface area (Å²) in [6.07, 6.45) is 2.45. The van der Waals surface area contributed by atoms with Crippen LogP contribution < -0.4 is 15.8 Å². The van der Waals surface area contributed by atoms with E-state index in [0.717, 1.165) is 16.8 Å². The van der Waals surface area contributed by atoms with E-state index in [9.17, 15) is 22.0 Å². The summed E-state index contributed by atoms with van der Waals surface area (Å²) in [6, 6.07) is 16.0. The molecule has 1 unspecified atom stereocenters. The summed E-state index contributed by atoms with van der Waals surface area (Å²) in [7, 11) is -3.13. The Morgan fingerprint density at radius 3 is 2.66 bits per heavy atom. The maximum atomic E-state index is 12.9. The number of ether oxygens (including phenoxy) is 1. The fourth-order valence-corrected chi connectivity index (χ4v) is 7.25. The third-order valence-electron chi connectivity index (χ3n) is 7.04. The van der Waals surface area contributed by atoms with Crippen LogP contribution in [0.1, 0.15) is 50.2 Å². The molecule has 2 aromatic rings. The van der Waals surface area contributed by atoms with Crippen molar-refractivity contribution in [2.24, 2.45) is 16.6 Å². The van der Waals surface area contributed by atoms with Crippen LogP contribution in [-0.2, 0) is 21.2 Å². The van der Waals surface area contributed by atoms with Crippen LogP contribution in [0.25, 0.3) is 5.70 Å². The normalized spacial score (nSPS) is 25.4. The Morgan fingerprint density at radius 1 is 1.21 bits per heavy atom. The van der Waals surface area contributed by atoms with Crippen molar-refractivity contribution in [3.8, 4) is 5.75 Å². The first-order valence-electron chi connectivity index (χ1n) is 12.6. The lowest BCUT2D eigenvalue weighted by Gasteiger charge is -2.29. The summed E-state index contributed by atoms with van der Waals surface area (Å²) >= 11 is 0. The number of carbonyl (C=O) groups is 1. The van der Waals surface area contributed by atoms with Gasteiger partial charge in [-0.05, 0) is 61.8 Å². The number of aliphatic imine (C=N–C) groups is 1. The van der Waals surface area contributed by atoms with E-state index in [1.54, 1.807) is 19.1 Å². The molecule has 4 rings (SSSR count). The van der Waals surface area contributed by atoms with Crippen molar-refractivity contribution in [3.63, 3.8) is 0 Å². The van der Waals surface area contributed by atoms with Crippen molar-refractivity contribution in [2.45, 2.75) is 57.7 Å². The fraction of sp³-hybridized carbons (Fsp3) is 0.429. The zero-order chi connectivity index (χ0) is 27.3. The van der Waals surface area contributed by atoms with Gasteiger partial charge in [0.15, 0.2) is 9.84 Å². The summed E-state index contributed by atoms with van der Waals surface area (Å²) < 4.78 is 53.8. The van der Waals surface area contributed by atoms with Gasteiger partial charge in [-0.3, -0.25) is 9.79 Å². The zero-order valence-electron chi connectivity index (χ0n) is 21.3. The molecule has 3 N–H and O–H groups in total. The second kappa shape index (κ2) is 11.6. The molecule has 0 spiro atoms. The van der Waals surface area contributed by atoms with Crippen LogP contribution in [0.5, 0.6) is 5.75 Å². The standard InChI is InChI=1S/C28H33F2N3O4S/c1-28(12-13-38(35,36)18-28)33-25(34)15-20-10-11-23(24(14-20)32-17-19-6-3-2-4-7-19)26(31)21-8-5-9-22(16-21)37-27(29)30/h2-9,16,20,27H,10-15,17-18,31H2,1H3,(H,33,34)/b26-23-,32-24?/t20?,28-/m0/s1. The van der Waals surface area contributed by atoms with E-state index in [4.69, 9.17) is 10.7 Å². The molecule has 2 aliphatic rings. The third kappa shape index (κ3) is 7.40. The highest BCUT2D eigenvalue weighted by molar-refractivity contribution is 7.91. The van der Waals surface area contributed by atoms with Gasteiger partial charge in [-0.2, -0.15) is 8.78 Å². The van der Waals surface area contributed by atoms with Gasteiger partial charge in [0, 0.05) is 23.4 Å². The van der Waals surface area contributed by atoms with Crippen molar-refractivity contribution >= 4 is 27.2 Å². The summed E-state index contributed by atoms with van der Waals surface area (Å²) in [5.41, 5.74) is 9.47. The molecule has 0 aromatic heterocycles. The van der Waals surface area contributed by atoms with Gasteiger partial charge in [0.05, 0.1) is 23.6 Å². The van der Waals surface area contributed by atoms with Gasteiger partial charge < -0.3 is 15.8 Å². The van der Waals surface area contributed by atoms with E-state index in [1.807, 2.05) is 30.3 Å². The number of nitrogens with one attached hydrogen (secondary N) is 1. The number of allylic oxidation sites excluding steroid dienone is 1. The number of carbonyl (C=O) groups excluding carboxylic acids is 1. The number of halogens is 2. The summed E-state index contributed by atoms with van der Waals surface area (Å²) in [4.78, 5) is 17.7. The first-order chi connectivity index (χ1) is 18.0. The molecule has 2 aromatic carbocycles. The maximum absolute atomic E-state index is 12.9. The van der Waals surface area contributed by atoms with E-state index in [-0.39, 0.29) is 35.5 Å². The summed E-state index contributed by atoms with van der Waals surface area (Å²) in [6.45, 7) is -0.720. The van der Waals surface area contributed by atoms with Crippen molar-refractivity contribution < 1.29 is 26.7 Å². The Kier molecular flexibility index (Phi) is 8.50. The van der Waals surface area contributed by atoms with Gasteiger partial charge in [-0.15, -0.1) is 0 Å². The van der Waals surface area contributed by atoms with Crippen LogP contribution in [-0.4, -0.2) is 43.7 Å². The van der Waals surface area contributed by atoms with Crippen molar-refractivity contribution in [2.75, 3.05) is 11.5 Å². The Balaban J connectivity index is 1.54. The minimum atomic E-state index is -3.13. The number of sulfone groups is 1. The SMILES string of the molecule is C[C@]1(NC(=O)CC2CC/C(=C(/N)c3cccc(OC(F)F)c3)C(=NCc3ccccc3)C2)CCS(=O)(=O)C1. The molecule has 2 fully saturated rings. The lowest BCUT2D eigenvalue weighted by molar-refractivity contribution is -0.123. The van der Waals surface area contributed by atoms with E-state index in [2.05, 4.69) is 10.1 Å². The van der Waals surface area contributed by atoms with E-state index in [1.165, 1.54) is 12.1 Å². The van der Waals surface area contributed by atoms with Crippen molar-refractivity contribution in [3.05, 3.63) is 71.3 Å². The first kappa shape index (κ1) is 27.8. The molecule has 2 atom stereocenters. The topological polar surface area (TPSA) is 111 Å². The lowest BCUT2D eigenvalue weighted by atomic mass is 9.80. The summed E-state index contributed by atoms with van der Waals surface area (Å²) in [5.74, 6) is -0.0969. The van der Waals surface area contributed by atoms with Gasteiger partial charge in [0.1, 0.15) is 5.75 Å². The quantitative estimate of drug-likeness (QED) is 0.508. The number of alkyl halides is 2. The molecular formula is C28H33F2N3O4S. The van der Waals surface area contributed by atoms with E-state index < -0.39 is 22.0 Å². The Labute approximate surface area is 222 Å². The molecular weight excluding hydrogens is 512 g/mol. The van der Waals surface area contributed by atoms with Gasteiger partial charge >= 0.3 is 6.61 Å². The minimum Gasteiger partial charge on any atom is -0.435 e. The highest BCUT2D eigenvalue weighted by atomic mass is 32.2. The molecule has 10 heteroatoms. The monoisotopic (exact) mass is 545 g/mol. The molecule has 1 aliphatic carbocycles.